The van der Waals surface area contributed by atoms with Crippen molar-refractivity contribution in [2.24, 2.45) is 0 Å². The first-order chi connectivity index (χ1) is 9.83. The van der Waals surface area contributed by atoms with Crippen LogP contribution in [0.25, 0.3) is 22.4 Å². The predicted octanol–water partition coefficient (Wildman–Crippen LogP) is 4.69. The molecule has 0 N–H and O–H groups in total. The second kappa shape index (κ2) is 4.38. The Bertz CT molecular complexity index is 766. The van der Waals surface area contributed by atoms with E-state index in [1.54, 1.807) is 0 Å². The molecule has 1 aromatic heterocycles. The van der Waals surface area contributed by atoms with E-state index in [1.165, 1.54) is 33.5 Å². The Hall–Kier alpha value is -2.28. The number of rotatable bonds is 1. The van der Waals surface area contributed by atoms with Crippen LogP contribution in [-0.2, 0) is 13.0 Å². The summed E-state index contributed by atoms with van der Waals surface area (Å²) in [7, 11) is 0. The molecule has 1 aliphatic heterocycles. The molecule has 0 aliphatic carbocycles. The van der Waals surface area contributed by atoms with Crippen molar-refractivity contribution < 1.29 is 0 Å². The lowest BCUT2D eigenvalue weighted by molar-refractivity contribution is 0.689. The summed E-state index contributed by atoms with van der Waals surface area (Å²) in [6, 6.07) is 19.8. The first-order valence-electron chi connectivity index (χ1n) is 7.17. The number of aromatic nitrogens is 1. The van der Waals surface area contributed by atoms with Gasteiger partial charge in [0, 0.05) is 23.9 Å². The molecule has 0 spiro atoms. The van der Waals surface area contributed by atoms with Crippen LogP contribution in [-0.4, -0.2) is 4.57 Å². The van der Waals surface area contributed by atoms with Gasteiger partial charge in [-0.2, -0.15) is 0 Å². The molecule has 0 saturated carbocycles. The van der Waals surface area contributed by atoms with E-state index in [0.29, 0.717) is 0 Å². The molecule has 0 atom stereocenters. The summed E-state index contributed by atoms with van der Waals surface area (Å²) in [5.74, 6) is 0. The lowest BCUT2D eigenvalue weighted by atomic mass is 9.93. The van der Waals surface area contributed by atoms with E-state index in [1.807, 2.05) is 0 Å². The van der Waals surface area contributed by atoms with Gasteiger partial charge < -0.3 is 4.57 Å². The van der Waals surface area contributed by atoms with Crippen LogP contribution in [0.15, 0.2) is 60.8 Å². The van der Waals surface area contributed by atoms with Crippen molar-refractivity contribution in [3.63, 3.8) is 0 Å². The first-order valence-corrected chi connectivity index (χ1v) is 7.17. The van der Waals surface area contributed by atoms with Crippen molar-refractivity contribution >= 4 is 0 Å². The largest absolute Gasteiger partial charge is 0.347 e. The van der Waals surface area contributed by atoms with E-state index in [-0.39, 0.29) is 0 Å². The van der Waals surface area contributed by atoms with Crippen molar-refractivity contribution in [3.05, 3.63) is 71.9 Å². The van der Waals surface area contributed by atoms with Gasteiger partial charge >= 0.3 is 0 Å². The Balaban J connectivity index is 1.98. The van der Waals surface area contributed by atoms with Gasteiger partial charge in [-0.05, 0) is 36.6 Å². The molecule has 0 saturated heterocycles. The van der Waals surface area contributed by atoms with Gasteiger partial charge in [-0.25, -0.2) is 0 Å². The summed E-state index contributed by atoms with van der Waals surface area (Å²) in [4.78, 5) is 0. The molecule has 0 bridgehead atoms. The highest BCUT2D eigenvalue weighted by atomic mass is 15.0. The Morgan fingerprint density at radius 3 is 2.60 bits per heavy atom. The highest BCUT2D eigenvalue weighted by Gasteiger charge is 2.19. The minimum atomic E-state index is 1.08. The molecule has 4 rings (SSSR count). The van der Waals surface area contributed by atoms with Crippen LogP contribution in [0, 0.1) is 6.92 Å². The third kappa shape index (κ3) is 1.70. The minimum absolute atomic E-state index is 1.08. The zero-order valence-electron chi connectivity index (χ0n) is 11.6. The third-order valence-corrected chi connectivity index (χ3v) is 4.19. The summed E-state index contributed by atoms with van der Waals surface area (Å²) in [5.41, 5.74) is 8.23. The van der Waals surface area contributed by atoms with E-state index in [4.69, 9.17) is 0 Å². The van der Waals surface area contributed by atoms with Crippen LogP contribution in [0.1, 0.15) is 11.1 Å². The maximum atomic E-state index is 2.39. The second-order valence-corrected chi connectivity index (χ2v) is 5.55. The topological polar surface area (TPSA) is 4.93 Å². The lowest BCUT2D eigenvalue weighted by Gasteiger charge is -2.21. The van der Waals surface area contributed by atoms with Gasteiger partial charge in [0.05, 0.1) is 5.69 Å². The van der Waals surface area contributed by atoms with E-state index in [0.717, 1.165) is 13.0 Å². The zero-order chi connectivity index (χ0) is 13.5. The van der Waals surface area contributed by atoms with Gasteiger partial charge in [-0.15, -0.1) is 0 Å². The maximum absolute atomic E-state index is 2.39. The molecule has 0 amide bonds. The molecule has 3 aromatic rings. The summed E-state index contributed by atoms with van der Waals surface area (Å²) >= 11 is 0. The van der Waals surface area contributed by atoms with Crippen LogP contribution in [0.3, 0.4) is 0 Å². The third-order valence-electron chi connectivity index (χ3n) is 4.19. The molecule has 0 fully saturated rings. The number of hydrogen-bond donors (Lipinski definition) is 0. The maximum Gasteiger partial charge on any atom is 0.0562 e. The summed E-state index contributed by atoms with van der Waals surface area (Å²) in [5, 5.41) is 0. The van der Waals surface area contributed by atoms with Crippen LogP contribution in [0.2, 0.25) is 0 Å². The Labute approximate surface area is 119 Å². The fourth-order valence-corrected chi connectivity index (χ4v) is 3.18. The molecule has 1 heteroatoms. The van der Waals surface area contributed by atoms with Crippen molar-refractivity contribution in [3.8, 4) is 22.4 Å². The van der Waals surface area contributed by atoms with Gasteiger partial charge in [0.1, 0.15) is 0 Å². The normalized spacial score (nSPS) is 12.8. The molecule has 98 valence electrons. The number of fused-ring (bicyclic) bond motifs is 3. The minimum Gasteiger partial charge on any atom is -0.347 e. The first kappa shape index (κ1) is 11.5. The van der Waals surface area contributed by atoms with E-state index in [2.05, 4.69) is 72.3 Å². The SMILES string of the molecule is Cc1ccc2c(c1)-c1c(-c3ccccc3)ccn1CC2. The van der Waals surface area contributed by atoms with Crippen LogP contribution < -0.4 is 0 Å². The van der Waals surface area contributed by atoms with Crippen LogP contribution >= 0.6 is 0 Å². The summed E-state index contributed by atoms with van der Waals surface area (Å²) < 4.78 is 2.39. The fraction of sp³-hybridized carbons (Fsp3) is 0.158. The molecular weight excluding hydrogens is 242 g/mol. The average Bonchev–Trinajstić information content (AvgIpc) is 2.92. The molecule has 1 nitrogen and oxygen atoms in total. The van der Waals surface area contributed by atoms with E-state index < -0.39 is 0 Å². The van der Waals surface area contributed by atoms with Crippen molar-refractivity contribution in [1.29, 1.82) is 0 Å². The molecule has 1 aliphatic rings. The summed E-state index contributed by atoms with van der Waals surface area (Å²) in [6.45, 7) is 3.25. The van der Waals surface area contributed by atoms with Crippen LogP contribution in [0.5, 0.6) is 0 Å². The summed E-state index contributed by atoms with van der Waals surface area (Å²) in [6.07, 6.45) is 3.36. The highest BCUT2D eigenvalue weighted by molar-refractivity contribution is 5.84. The average molecular weight is 259 g/mol. The van der Waals surface area contributed by atoms with Gasteiger partial charge in [0.25, 0.3) is 0 Å². The van der Waals surface area contributed by atoms with Gasteiger partial charge in [-0.3, -0.25) is 0 Å². The lowest BCUT2D eigenvalue weighted by Crippen LogP contribution is -2.10. The van der Waals surface area contributed by atoms with E-state index >= 15 is 0 Å². The molecule has 20 heavy (non-hydrogen) atoms. The molecule has 0 unspecified atom stereocenters. The van der Waals surface area contributed by atoms with E-state index in [9.17, 15) is 0 Å². The number of benzene rings is 2. The number of hydrogen-bond acceptors (Lipinski definition) is 0. The highest BCUT2D eigenvalue weighted by Crippen LogP contribution is 2.38. The van der Waals surface area contributed by atoms with Crippen molar-refractivity contribution in [1.82, 2.24) is 4.57 Å². The smallest absolute Gasteiger partial charge is 0.0562 e. The molecule has 2 heterocycles. The quantitative estimate of drug-likeness (QED) is 0.597. The number of nitrogens with zero attached hydrogens (tertiary/aromatic N) is 1. The zero-order valence-corrected chi connectivity index (χ0v) is 11.6. The van der Waals surface area contributed by atoms with Crippen molar-refractivity contribution in [2.45, 2.75) is 19.9 Å². The fourth-order valence-electron chi connectivity index (χ4n) is 3.18. The Morgan fingerprint density at radius 1 is 0.900 bits per heavy atom. The Morgan fingerprint density at radius 2 is 1.75 bits per heavy atom. The van der Waals surface area contributed by atoms with Crippen molar-refractivity contribution in [2.75, 3.05) is 0 Å². The van der Waals surface area contributed by atoms with Gasteiger partial charge in [0.2, 0.25) is 0 Å². The number of aryl methyl sites for hydroxylation is 3. The molecule has 0 radical (unpaired) electrons. The van der Waals surface area contributed by atoms with Gasteiger partial charge in [0.15, 0.2) is 0 Å². The monoisotopic (exact) mass is 259 g/mol. The standard InChI is InChI=1S/C19H17N/c1-14-7-8-16-9-11-20-12-10-17(19(20)18(16)13-14)15-5-3-2-4-6-15/h2-8,10,12-13H,9,11H2,1H3. The Kier molecular flexibility index (Phi) is 2.53. The predicted molar refractivity (Wildman–Crippen MR) is 83.7 cm³/mol. The molecule has 2 aromatic carbocycles. The van der Waals surface area contributed by atoms with Crippen LogP contribution in [0.4, 0.5) is 0 Å². The molecular formula is C19H17N. The van der Waals surface area contributed by atoms with Gasteiger partial charge in [-0.1, -0.05) is 48.0 Å². The second-order valence-electron chi connectivity index (χ2n) is 5.55.